The number of imidazole rings is 1. The fourth-order valence-electron chi connectivity index (χ4n) is 6.66. The summed E-state index contributed by atoms with van der Waals surface area (Å²) in [4.78, 5) is 54.1. The van der Waals surface area contributed by atoms with Crippen LogP contribution in [0, 0.1) is 80.7 Å². The van der Waals surface area contributed by atoms with Gasteiger partial charge in [0.05, 0.1) is 43.8 Å². The van der Waals surface area contributed by atoms with Crippen molar-refractivity contribution in [3.05, 3.63) is 163 Å². The van der Waals surface area contributed by atoms with Crippen LogP contribution in [0.1, 0.15) is 29.5 Å². The molecule has 0 amide bonds. The van der Waals surface area contributed by atoms with Gasteiger partial charge in [0.25, 0.3) is 17.1 Å². The van der Waals surface area contributed by atoms with Crippen LogP contribution in [0.5, 0.6) is 0 Å². The van der Waals surface area contributed by atoms with Crippen molar-refractivity contribution in [3.63, 3.8) is 0 Å². The van der Waals surface area contributed by atoms with Crippen LogP contribution in [-0.2, 0) is 19.9 Å². The molecular weight excluding hydrogens is 1270 g/mol. The van der Waals surface area contributed by atoms with E-state index in [1.54, 1.807) is 56.5 Å². The predicted octanol–water partition coefficient (Wildman–Crippen LogP) is 11.3. The number of nitro groups is 4. The van der Waals surface area contributed by atoms with E-state index in [0.29, 0.717) is 34.0 Å². The highest BCUT2D eigenvalue weighted by molar-refractivity contribution is 9.12. The predicted molar refractivity (Wildman–Crippen MR) is 343 cm³/mol. The Morgan fingerprint density at radius 2 is 1.04 bits per heavy atom. The van der Waals surface area contributed by atoms with Gasteiger partial charge in [0, 0.05) is 82.9 Å². The van der Waals surface area contributed by atoms with Gasteiger partial charge in [-0.3, -0.25) is 50.3 Å². The Hall–Kier alpha value is -7.81. The molecule has 0 aliphatic heterocycles. The number of anilines is 4. The number of nitrogens with one attached hydrogen (secondary N) is 3. The first-order valence-electron chi connectivity index (χ1n) is 25.0. The van der Waals surface area contributed by atoms with E-state index >= 15 is 0 Å². The van der Waals surface area contributed by atoms with Crippen molar-refractivity contribution in [1.29, 1.82) is 5.26 Å². The van der Waals surface area contributed by atoms with Gasteiger partial charge in [0.2, 0.25) is 11.8 Å². The van der Waals surface area contributed by atoms with Crippen molar-refractivity contribution in [1.82, 2.24) is 29.2 Å². The second-order valence-corrected chi connectivity index (χ2v) is 20.5. The van der Waals surface area contributed by atoms with Crippen molar-refractivity contribution in [2.75, 3.05) is 125 Å². The molecule has 1 heterocycles. The summed E-state index contributed by atoms with van der Waals surface area (Å²) in [5.74, 6) is 8.18. The Balaban J connectivity index is 0.000000984. The summed E-state index contributed by atoms with van der Waals surface area (Å²) >= 11 is 8.66. The second kappa shape index (κ2) is 41.2. The third-order valence-corrected chi connectivity index (χ3v) is 11.7. The number of hydrogen-bond acceptors (Lipinski definition) is 18. The fourth-order valence-corrected chi connectivity index (χ4v) is 7.35. The molecule has 23 nitrogen and oxygen atoms in total. The SMILES string of the molecule is C#CCN(C)C.CN(C)CCCc1ccc2nc(N)n(C)c2c1.CNc1cc(Br)ccc1[N+](=O)[O-].CNc1cc(C#CCN(C)C)ccc1[N+](=O)[O-].CNc1cc(CCCN(C)C)ccc1[N+](=O)[O-].N#CBr.O=[N+]([O-])c1ccc(Br)cc1F. The molecule has 448 valence electrons. The van der Waals surface area contributed by atoms with E-state index in [1.807, 2.05) is 75.8 Å². The third kappa shape index (κ3) is 30.7. The summed E-state index contributed by atoms with van der Waals surface area (Å²) < 4.78 is 15.9. The number of benzene rings is 5. The molecule has 0 atom stereocenters. The first-order chi connectivity index (χ1) is 39.1. The minimum atomic E-state index is -0.829. The van der Waals surface area contributed by atoms with E-state index in [-0.39, 0.29) is 22.0 Å². The zero-order valence-electron chi connectivity index (χ0n) is 48.7. The van der Waals surface area contributed by atoms with Crippen LogP contribution in [0.25, 0.3) is 11.0 Å². The van der Waals surface area contributed by atoms with E-state index in [9.17, 15) is 44.8 Å². The monoisotopic (exact) mass is 1340 g/mol. The average Bonchev–Trinajstić information content (AvgIpc) is 3.84. The molecule has 0 saturated carbocycles. The lowest BCUT2D eigenvalue weighted by Crippen LogP contribution is -2.13. The molecule has 5 aromatic carbocycles. The molecule has 0 unspecified atom stereocenters. The summed E-state index contributed by atoms with van der Waals surface area (Å²) in [6.45, 7) is 3.53. The Kier molecular flexibility index (Phi) is 37.3. The number of aryl methyl sites for hydroxylation is 3. The number of rotatable bonds is 17. The molecule has 0 aliphatic rings. The Bertz CT molecular complexity index is 3180. The van der Waals surface area contributed by atoms with Crippen LogP contribution in [0.2, 0.25) is 0 Å². The van der Waals surface area contributed by atoms with E-state index in [4.69, 9.17) is 17.4 Å². The molecule has 0 saturated heterocycles. The van der Waals surface area contributed by atoms with Gasteiger partial charge in [0.15, 0.2) is 0 Å². The minimum Gasteiger partial charge on any atom is -0.383 e. The highest BCUT2D eigenvalue weighted by Crippen LogP contribution is 2.28. The van der Waals surface area contributed by atoms with Crippen LogP contribution >= 0.6 is 47.8 Å². The molecular formula is C56H73Br3FN15O8. The van der Waals surface area contributed by atoms with Crippen LogP contribution in [0.4, 0.5) is 50.2 Å². The Labute approximate surface area is 510 Å². The largest absolute Gasteiger partial charge is 0.383 e. The first-order valence-corrected chi connectivity index (χ1v) is 27.3. The lowest BCUT2D eigenvalue weighted by atomic mass is 10.1. The van der Waals surface area contributed by atoms with Crippen molar-refractivity contribution >= 4 is 105 Å². The van der Waals surface area contributed by atoms with Crippen molar-refractivity contribution < 1.29 is 24.1 Å². The number of nitro benzene ring substituents is 4. The minimum absolute atomic E-state index is 0.0608. The van der Waals surface area contributed by atoms with Crippen molar-refractivity contribution in [2.24, 2.45) is 7.05 Å². The number of fused-ring (bicyclic) bond motifs is 1. The quantitative estimate of drug-likeness (QED) is 0.0375. The molecule has 6 rings (SSSR count). The number of aromatic nitrogens is 2. The van der Waals surface area contributed by atoms with Crippen molar-refractivity contribution in [2.45, 2.75) is 25.7 Å². The highest BCUT2D eigenvalue weighted by atomic mass is 79.9. The van der Waals surface area contributed by atoms with Gasteiger partial charge in [-0.25, -0.2) is 4.98 Å². The zero-order valence-corrected chi connectivity index (χ0v) is 53.4. The van der Waals surface area contributed by atoms with E-state index in [2.05, 4.69) is 129 Å². The molecule has 83 heavy (non-hydrogen) atoms. The summed E-state index contributed by atoms with van der Waals surface area (Å²) in [5.41, 5.74) is 12.5. The molecule has 5 N–H and O–H groups in total. The number of nitrogen functional groups attached to an aromatic ring is 1. The number of terminal acetylenes is 1. The van der Waals surface area contributed by atoms with Gasteiger partial charge in [-0.05, 0) is 161 Å². The van der Waals surface area contributed by atoms with Crippen molar-refractivity contribution in [3.8, 4) is 29.2 Å². The summed E-state index contributed by atoms with van der Waals surface area (Å²) in [6, 6.07) is 24.8. The van der Waals surface area contributed by atoms with E-state index in [1.165, 1.54) is 30.2 Å². The Morgan fingerprint density at radius 3 is 1.46 bits per heavy atom. The number of hydrogen-bond donors (Lipinski definition) is 4. The van der Waals surface area contributed by atoms with E-state index < -0.39 is 26.3 Å². The molecule has 0 aliphatic carbocycles. The normalized spacial score (nSPS) is 9.86. The first kappa shape index (κ1) is 75.2. The van der Waals surface area contributed by atoms with Gasteiger partial charge in [-0.1, -0.05) is 61.8 Å². The number of nitrogens with zero attached hydrogens (tertiary/aromatic N) is 11. The van der Waals surface area contributed by atoms with Gasteiger partial charge in [0.1, 0.15) is 22.0 Å². The molecule has 27 heteroatoms. The fraction of sp³-hybridized carbons (Fsp3) is 0.357. The van der Waals surface area contributed by atoms with Crippen LogP contribution in [-0.4, -0.2) is 153 Å². The summed E-state index contributed by atoms with van der Waals surface area (Å²) in [5, 5.41) is 57.6. The van der Waals surface area contributed by atoms with Crippen LogP contribution in [0.15, 0.2) is 99.9 Å². The van der Waals surface area contributed by atoms with Gasteiger partial charge < -0.3 is 36.1 Å². The number of halogens is 4. The molecule has 1 aromatic heterocycles. The lowest BCUT2D eigenvalue weighted by Gasteiger charge is -2.09. The maximum atomic E-state index is 12.6. The molecule has 6 aromatic rings. The average molecular weight is 1340 g/mol. The topological polar surface area (TPSA) is 289 Å². The van der Waals surface area contributed by atoms with Gasteiger partial charge in [-0.15, -0.1) is 6.42 Å². The standard InChI is InChI=1S/C13H20N4.C12H19N3O2.C12H15N3O2.C7H7BrN2O2.C6H3BrFNO2.C5H9N.CBrN/c1-16(2)8-4-5-10-6-7-11-12(9-10)17(3)13(14)15-11;2*1-13-11-9-10(5-4-8-14(2)3)6-7-12(11)15(16)17;1-9-6-4-5(8)2-3-7(6)10(11)12;7-4-1-2-6(9(10)11)5(8)3-4;1-4-5-6(2)3;2-1-3/h6-7,9H,4-5,8H2,1-3H3,(H2,14,15);6-7,9,13H,4-5,8H2,1-3H3;6-7,9,13H,8H2,1-3H3;2-4,9H,1H3;1-3H;1H,5H2,2-3H3;. The number of nitrogens with two attached hydrogens (primary N) is 1. The van der Waals surface area contributed by atoms with Gasteiger partial charge >= 0.3 is 5.69 Å². The maximum absolute atomic E-state index is 12.6. The number of nitriles is 1. The highest BCUT2D eigenvalue weighted by Gasteiger charge is 2.15. The summed E-state index contributed by atoms with van der Waals surface area (Å²) in [6.07, 6.45) is 9.19. The molecule has 0 radical (unpaired) electrons. The summed E-state index contributed by atoms with van der Waals surface area (Å²) in [7, 11) is 23.0. The molecule has 0 bridgehead atoms. The second-order valence-electron chi connectivity index (χ2n) is 18.4. The molecule has 0 fully saturated rings. The van der Waals surface area contributed by atoms with Gasteiger partial charge in [-0.2, -0.15) is 9.65 Å². The lowest BCUT2D eigenvalue weighted by molar-refractivity contribution is -0.387. The Morgan fingerprint density at radius 1 is 0.627 bits per heavy atom. The molecule has 0 spiro atoms. The smallest absolute Gasteiger partial charge is 0.304 e. The van der Waals surface area contributed by atoms with Crippen LogP contribution < -0.4 is 21.7 Å². The van der Waals surface area contributed by atoms with Crippen LogP contribution in [0.3, 0.4) is 0 Å². The maximum Gasteiger partial charge on any atom is 0.304 e. The van der Waals surface area contributed by atoms with E-state index in [0.717, 1.165) is 77.7 Å². The third-order valence-electron chi connectivity index (χ3n) is 10.7. The zero-order chi connectivity index (χ0) is 63.4.